The van der Waals surface area contributed by atoms with Crippen molar-refractivity contribution in [1.82, 2.24) is 0 Å². The van der Waals surface area contributed by atoms with E-state index in [9.17, 15) is 51.1 Å². The van der Waals surface area contributed by atoms with E-state index in [1.54, 1.807) is 20.8 Å². The minimum absolute atomic E-state index is 0.0100. The smallest absolute Gasteiger partial charge is 0.187 e. The summed E-state index contributed by atoms with van der Waals surface area (Å²) in [5.41, 5.74) is -4.13. The Morgan fingerprint density at radius 3 is 2.05 bits per heavy atom. The molecule has 0 amide bonds. The van der Waals surface area contributed by atoms with Crippen molar-refractivity contribution < 1.29 is 70.0 Å². The molecule has 0 aromatic heterocycles. The molecule has 2 saturated heterocycles. The van der Waals surface area contributed by atoms with Crippen LogP contribution in [-0.2, 0) is 18.9 Å². The van der Waals surface area contributed by atoms with Crippen molar-refractivity contribution in [1.29, 1.82) is 0 Å². The van der Waals surface area contributed by atoms with Crippen LogP contribution in [0.2, 0.25) is 0 Å². The SMILES string of the molecule is C[C@@H]1O[C@@H](O[C@H]2[C@H](O[C@H]3CC[C@]4(C)[C@H]5CC[C@@H]6[C@@H]([C@](C)(O)[C@@H](O)/C=C/C(C)(C)O)CC[C@@]6(C)[C@]5(C)[C@@H](O)C[C@H]4C3(C)C)O[C@H](CO)[C@@H](O)[C@@H]2O)[C@H](O)[C@H](O)[C@H]1O. The van der Waals surface area contributed by atoms with Crippen LogP contribution >= 0.6 is 0 Å². The molecule has 14 nitrogen and oxygen atoms in total. The average Bonchev–Trinajstić information content (AvgIpc) is 3.49. The van der Waals surface area contributed by atoms with Crippen molar-refractivity contribution >= 4 is 0 Å². The number of aliphatic hydroxyl groups is 10. The van der Waals surface area contributed by atoms with Crippen LogP contribution in [-0.4, -0.2) is 149 Å². The third-order valence-corrected chi connectivity index (χ3v) is 16.7. The first-order valence-electron chi connectivity index (χ1n) is 20.9. The quantitative estimate of drug-likeness (QED) is 0.116. The van der Waals surface area contributed by atoms with E-state index in [1.165, 1.54) is 19.1 Å². The summed E-state index contributed by atoms with van der Waals surface area (Å²) < 4.78 is 24.4. The maximum atomic E-state index is 12.5. The van der Waals surface area contributed by atoms with Crippen molar-refractivity contribution in [2.45, 2.75) is 198 Å². The Hall–Kier alpha value is -0.820. The highest BCUT2D eigenvalue weighted by Crippen LogP contribution is 2.76. The first-order chi connectivity index (χ1) is 25.8. The fourth-order valence-corrected chi connectivity index (χ4v) is 13.1. The predicted molar refractivity (Wildman–Crippen MR) is 202 cm³/mol. The van der Waals surface area contributed by atoms with Gasteiger partial charge in [-0.3, -0.25) is 0 Å². The molecule has 10 N–H and O–H groups in total. The van der Waals surface area contributed by atoms with Gasteiger partial charge in [-0.15, -0.1) is 0 Å². The first kappa shape index (κ1) is 44.7. The van der Waals surface area contributed by atoms with E-state index < -0.39 is 108 Å². The fourth-order valence-electron chi connectivity index (χ4n) is 13.1. The molecular formula is C42H72O14. The number of rotatable bonds is 9. The van der Waals surface area contributed by atoms with Gasteiger partial charge in [0.1, 0.15) is 48.8 Å². The molecule has 6 rings (SSSR count). The van der Waals surface area contributed by atoms with E-state index >= 15 is 0 Å². The van der Waals surface area contributed by atoms with Gasteiger partial charge in [0.15, 0.2) is 12.6 Å². The highest BCUT2D eigenvalue weighted by atomic mass is 16.8. The molecule has 324 valence electrons. The highest BCUT2D eigenvalue weighted by Gasteiger charge is 2.72. The van der Waals surface area contributed by atoms with Gasteiger partial charge in [0.2, 0.25) is 0 Å². The van der Waals surface area contributed by atoms with Crippen molar-refractivity contribution in [2.75, 3.05) is 6.61 Å². The third kappa shape index (κ3) is 7.06. The standard InChI is InChI=1S/C42H72O14/c1-20-29(46)31(48)33(50)35(53-20)56-34-32(49)30(47)23(19-43)54-36(34)55-28-14-16-39(6)24-11-10-21-22(42(9,52)26(44)13-15-37(2,3)51)12-17-40(21,7)41(24,8)27(45)18-25(39)38(28,4)5/h13,15,20-36,43-52H,10-12,14,16-19H2,1-9H3/b15-13+/t20-,21+,22-,23+,24+,25-,26-,27-,28-,29-,30+,31+,32-,33+,34+,35-,36-,39+,40+,41-,42-/m0/s1. The normalized spacial score (nSPS) is 52.5. The molecular weight excluding hydrogens is 728 g/mol. The van der Waals surface area contributed by atoms with Crippen molar-refractivity contribution in [2.24, 2.45) is 45.3 Å². The van der Waals surface area contributed by atoms with Crippen LogP contribution in [0.1, 0.15) is 107 Å². The van der Waals surface area contributed by atoms with E-state index in [0.29, 0.717) is 19.3 Å². The Morgan fingerprint density at radius 1 is 0.768 bits per heavy atom. The second-order valence-electron chi connectivity index (χ2n) is 20.5. The van der Waals surface area contributed by atoms with Gasteiger partial charge in [0.05, 0.1) is 36.1 Å². The number of hydrogen-bond donors (Lipinski definition) is 10. The third-order valence-electron chi connectivity index (χ3n) is 16.7. The molecule has 21 atom stereocenters. The Morgan fingerprint density at radius 2 is 1.43 bits per heavy atom. The van der Waals surface area contributed by atoms with Gasteiger partial charge in [0.25, 0.3) is 0 Å². The lowest BCUT2D eigenvalue weighted by Gasteiger charge is -2.71. The van der Waals surface area contributed by atoms with Gasteiger partial charge >= 0.3 is 0 Å². The van der Waals surface area contributed by atoms with Crippen molar-refractivity contribution in [3.63, 3.8) is 0 Å². The first-order valence-corrected chi connectivity index (χ1v) is 20.9. The summed E-state index contributed by atoms with van der Waals surface area (Å²) in [5.74, 6) is -0.0133. The monoisotopic (exact) mass is 800 g/mol. The van der Waals surface area contributed by atoms with Crippen LogP contribution in [0.25, 0.3) is 0 Å². The number of aliphatic hydroxyl groups excluding tert-OH is 8. The van der Waals surface area contributed by atoms with E-state index in [2.05, 4.69) is 34.6 Å². The van der Waals surface area contributed by atoms with E-state index in [4.69, 9.17) is 18.9 Å². The topological polar surface area (TPSA) is 239 Å². The van der Waals surface area contributed by atoms with Crippen LogP contribution in [0.5, 0.6) is 0 Å². The van der Waals surface area contributed by atoms with Crippen LogP contribution < -0.4 is 0 Å². The average molecular weight is 801 g/mol. The molecule has 14 heteroatoms. The number of fused-ring (bicyclic) bond motifs is 5. The van der Waals surface area contributed by atoms with Crippen LogP contribution in [0, 0.1) is 45.3 Å². The second-order valence-corrected chi connectivity index (χ2v) is 20.5. The Labute approximate surface area is 331 Å². The lowest BCUT2D eigenvalue weighted by atomic mass is 9.34. The molecule has 4 saturated carbocycles. The summed E-state index contributed by atoms with van der Waals surface area (Å²) >= 11 is 0. The molecule has 0 spiro atoms. The lowest BCUT2D eigenvalue weighted by Crippen LogP contribution is -2.69. The molecule has 0 unspecified atom stereocenters. The zero-order valence-electron chi connectivity index (χ0n) is 34.7. The molecule has 2 aliphatic heterocycles. The largest absolute Gasteiger partial charge is 0.394 e. The van der Waals surface area contributed by atoms with E-state index in [-0.39, 0.29) is 34.5 Å². The van der Waals surface area contributed by atoms with Gasteiger partial charge in [-0.1, -0.05) is 46.8 Å². The van der Waals surface area contributed by atoms with E-state index in [0.717, 1.165) is 25.7 Å². The van der Waals surface area contributed by atoms with Gasteiger partial charge < -0.3 is 70.0 Å². The van der Waals surface area contributed by atoms with Crippen LogP contribution in [0.3, 0.4) is 0 Å². The number of hydrogen-bond acceptors (Lipinski definition) is 14. The Kier molecular flexibility index (Phi) is 12.2. The molecule has 4 aliphatic carbocycles. The maximum absolute atomic E-state index is 12.5. The maximum Gasteiger partial charge on any atom is 0.187 e. The van der Waals surface area contributed by atoms with Gasteiger partial charge in [-0.25, -0.2) is 0 Å². The highest BCUT2D eigenvalue weighted by molar-refractivity contribution is 5.22. The van der Waals surface area contributed by atoms with Gasteiger partial charge in [-0.05, 0) is 113 Å². The van der Waals surface area contributed by atoms with Crippen LogP contribution in [0.4, 0.5) is 0 Å². The predicted octanol–water partition coefficient (Wildman–Crippen LogP) is 1.12. The number of ether oxygens (including phenoxy) is 4. The summed E-state index contributed by atoms with van der Waals surface area (Å²) in [5, 5.41) is 109. The van der Waals surface area contributed by atoms with E-state index in [1.807, 2.05) is 0 Å². The molecule has 0 aromatic carbocycles. The fraction of sp³-hybridized carbons (Fsp3) is 0.952. The zero-order chi connectivity index (χ0) is 41.7. The minimum Gasteiger partial charge on any atom is -0.394 e. The molecule has 0 radical (unpaired) electrons. The van der Waals surface area contributed by atoms with Gasteiger partial charge in [0, 0.05) is 5.41 Å². The molecule has 6 aliphatic rings. The summed E-state index contributed by atoms with van der Waals surface area (Å²) in [7, 11) is 0. The molecule has 0 bridgehead atoms. The summed E-state index contributed by atoms with van der Waals surface area (Å²) in [4.78, 5) is 0. The minimum atomic E-state index is -1.68. The van der Waals surface area contributed by atoms with Crippen LogP contribution in [0.15, 0.2) is 12.2 Å². The molecule has 2 heterocycles. The van der Waals surface area contributed by atoms with Crippen molar-refractivity contribution in [3.05, 3.63) is 12.2 Å². The molecule has 6 fully saturated rings. The zero-order valence-corrected chi connectivity index (χ0v) is 34.7. The summed E-state index contributed by atoms with van der Waals surface area (Å²) in [6, 6.07) is 0. The molecule has 0 aromatic rings. The molecule has 56 heavy (non-hydrogen) atoms. The second kappa shape index (κ2) is 15.3. The summed E-state index contributed by atoms with van der Waals surface area (Å²) in [6.07, 6.45) is -8.40. The van der Waals surface area contributed by atoms with Gasteiger partial charge in [-0.2, -0.15) is 0 Å². The lowest BCUT2D eigenvalue weighted by molar-refractivity contribution is -0.377. The van der Waals surface area contributed by atoms with Crippen molar-refractivity contribution in [3.8, 4) is 0 Å². The Bertz CT molecular complexity index is 1420. The Balaban J connectivity index is 1.24. The summed E-state index contributed by atoms with van der Waals surface area (Å²) in [6.45, 7) is 16.9.